The van der Waals surface area contributed by atoms with Gasteiger partial charge >= 0.3 is 0 Å². The summed E-state index contributed by atoms with van der Waals surface area (Å²) in [6.45, 7) is 1.90. The number of carbonyl (C=O) groups is 1. The number of aryl methyl sites for hydroxylation is 1. The van der Waals surface area contributed by atoms with E-state index in [1.165, 1.54) is 6.07 Å². The molecule has 19 heavy (non-hydrogen) atoms. The lowest BCUT2D eigenvalue weighted by molar-refractivity contribution is 0.0990. The van der Waals surface area contributed by atoms with Crippen LogP contribution in [-0.2, 0) is 6.42 Å². The Morgan fingerprint density at radius 2 is 1.79 bits per heavy atom. The van der Waals surface area contributed by atoms with Crippen LogP contribution in [0.1, 0.15) is 21.5 Å². The van der Waals surface area contributed by atoms with E-state index in [1.807, 2.05) is 6.92 Å². The molecule has 98 valence electrons. The minimum absolute atomic E-state index is 0.191. The molecule has 4 heteroatoms. The summed E-state index contributed by atoms with van der Waals surface area (Å²) in [5, 5.41) is 0. The third kappa shape index (κ3) is 3.07. The summed E-state index contributed by atoms with van der Waals surface area (Å²) in [7, 11) is 0. The average Bonchev–Trinajstić information content (AvgIpc) is 2.37. The molecule has 2 aromatic carbocycles. The topological polar surface area (TPSA) is 17.1 Å². The van der Waals surface area contributed by atoms with E-state index in [9.17, 15) is 13.6 Å². The molecular weight excluding hydrogens is 314 g/mol. The van der Waals surface area contributed by atoms with Crippen LogP contribution in [0, 0.1) is 18.6 Å². The fraction of sp³-hybridized carbons (Fsp3) is 0.133. The first-order valence-corrected chi connectivity index (χ1v) is 6.50. The quantitative estimate of drug-likeness (QED) is 0.762. The first-order chi connectivity index (χ1) is 8.99. The molecule has 0 saturated carbocycles. The van der Waals surface area contributed by atoms with Gasteiger partial charge in [0.2, 0.25) is 0 Å². The maximum absolute atomic E-state index is 13.5. The van der Waals surface area contributed by atoms with E-state index in [0.29, 0.717) is 5.56 Å². The summed E-state index contributed by atoms with van der Waals surface area (Å²) < 4.78 is 27.7. The summed E-state index contributed by atoms with van der Waals surface area (Å²) in [4.78, 5) is 12.0. The van der Waals surface area contributed by atoms with Gasteiger partial charge in [0.25, 0.3) is 0 Å². The molecule has 0 aromatic heterocycles. The number of benzene rings is 2. The van der Waals surface area contributed by atoms with Gasteiger partial charge < -0.3 is 0 Å². The van der Waals surface area contributed by atoms with E-state index in [0.717, 1.165) is 22.2 Å². The zero-order valence-corrected chi connectivity index (χ0v) is 11.8. The van der Waals surface area contributed by atoms with Crippen molar-refractivity contribution in [1.82, 2.24) is 0 Å². The van der Waals surface area contributed by atoms with Gasteiger partial charge in [-0.1, -0.05) is 34.1 Å². The van der Waals surface area contributed by atoms with Crippen molar-refractivity contribution in [3.63, 3.8) is 0 Å². The average molecular weight is 325 g/mol. The number of Topliss-reactive ketones (excluding diaryl/α,β-unsaturated/α-hetero) is 1. The highest BCUT2D eigenvalue weighted by Gasteiger charge is 2.15. The third-order valence-corrected chi connectivity index (χ3v) is 3.75. The van der Waals surface area contributed by atoms with Crippen molar-refractivity contribution >= 4 is 21.7 Å². The molecule has 0 fully saturated rings. The van der Waals surface area contributed by atoms with Crippen molar-refractivity contribution in [3.8, 4) is 0 Å². The fourth-order valence-corrected chi connectivity index (χ4v) is 2.11. The van der Waals surface area contributed by atoms with Crippen LogP contribution in [0.4, 0.5) is 8.78 Å². The van der Waals surface area contributed by atoms with Crippen LogP contribution in [0.2, 0.25) is 0 Å². The molecule has 0 spiro atoms. The molecule has 0 N–H and O–H groups in total. The van der Waals surface area contributed by atoms with E-state index < -0.39 is 11.6 Å². The molecule has 0 heterocycles. The molecular formula is C15H11BrF2O. The van der Waals surface area contributed by atoms with Crippen molar-refractivity contribution in [3.05, 3.63) is 69.2 Å². The second-order valence-electron chi connectivity index (χ2n) is 4.26. The number of hydrogen-bond donors (Lipinski definition) is 0. The number of rotatable bonds is 3. The summed E-state index contributed by atoms with van der Waals surface area (Å²) in [6, 6.07) is 8.68. The van der Waals surface area contributed by atoms with Crippen molar-refractivity contribution < 1.29 is 13.6 Å². The van der Waals surface area contributed by atoms with Crippen molar-refractivity contribution in [2.24, 2.45) is 0 Å². The van der Waals surface area contributed by atoms with Gasteiger partial charge in [-0.15, -0.1) is 0 Å². The maximum Gasteiger partial charge on any atom is 0.167 e. The van der Waals surface area contributed by atoms with E-state index in [4.69, 9.17) is 0 Å². The molecule has 0 amide bonds. The fourth-order valence-electron chi connectivity index (χ4n) is 1.73. The molecule has 0 radical (unpaired) electrons. The highest BCUT2D eigenvalue weighted by Crippen LogP contribution is 2.20. The zero-order chi connectivity index (χ0) is 14.0. The summed E-state index contributed by atoms with van der Waals surface area (Å²) >= 11 is 3.33. The van der Waals surface area contributed by atoms with E-state index in [2.05, 4.69) is 15.9 Å². The lowest BCUT2D eigenvalue weighted by Crippen LogP contribution is -2.07. The van der Waals surface area contributed by atoms with Crippen LogP contribution in [-0.4, -0.2) is 5.78 Å². The normalized spacial score (nSPS) is 10.5. The Morgan fingerprint density at radius 3 is 2.37 bits per heavy atom. The van der Waals surface area contributed by atoms with Crippen LogP contribution < -0.4 is 0 Å². The molecule has 1 nitrogen and oxygen atoms in total. The molecule has 0 aliphatic carbocycles. The number of ketones is 1. The van der Waals surface area contributed by atoms with Crippen LogP contribution in [0.5, 0.6) is 0 Å². The Bertz CT molecular complexity index is 618. The van der Waals surface area contributed by atoms with Crippen molar-refractivity contribution in [1.29, 1.82) is 0 Å². The Balaban J connectivity index is 2.28. The van der Waals surface area contributed by atoms with Crippen molar-refractivity contribution in [2.75, 3.05) is 0 Å². The highest BCUT2D eigenvalue weighted by atomic mass is 79.9. The first-order valence-electron chi connectivity index (χ1n) is 5.71. The smallest absolute Gasteiger partial charge is 0.167 e. The Labute approximate surface area is 118 Å². The van der Waals surface area contributed by atoms with Gasteiger partial charge in [0.15, 0.2) is 5.78 Å². The number of hydrogen-bond acceptors (Lipinski definition) is 1. The van der Waals surface area contributed by atoms with Crippen LogP contribution >= 0.6 is 15.9 Å². The predicted octanol–water partition coefficient (Wildman–Crippen LogP) is 4.46. The number of halogens is 3. The Kier molecular flexibility index (Phi) is 4.10. The van der Waals surface area contributed by atoms with Gasteiger partial charge in [-0.3, -0.25) is 4.79 Å². The summed E-state index contributed by atoms with van der Waals surface area (Å²) in [5.74, 6) is -1.70. The standard InChI is InChI=1S/C15H11BrF2O/c1-9-5-6-10(7-12(9)16)15(19)8-11-13(17)3-2-4-14(11)18/h2-7H,8H2,1H3. The first kappa shape index (κ1) is 13.9. The second-order valence-corrected chi connectivity index (χ2v) is 5.12. The monoisotopic (exact) mass is 324 g/mol. The van der Waals surface area contributed by atoms with Crippen LogP contribution in [0.15, 0.2) is 40.9 Å². The van der Waals surface area contributed by atoms with Crippen LogP contribution in [0.3, 0.4) is 0 Å². The van der Waals surface area contributed by atoms with E-state index in [-0.39, 0.29) is 17.8 Å². The molecule has 0 saturated heterocycles. The lowest BCUT2D eigenvalue weighted by atomic mass is 10.0. The SMILES string of the molecule is Cc1ccc(C(=O)Cc2c(F)cccc2F)cc1Br. The Hall–Kier alpha value is -1.55. The van der Waals surface area contributed by atoms with Crippen LogP contribution in [0.25, 0.3) is 0 Å². The van der Waals surface area contributed by atoms with Gasteiger partial charge in [0, 0.05) is 22.0 Å². The number of carbonyl (C=O) groups excluding carboxylic acids is 1. The lowest BCUT2D eigenvalue weighted by Gasteiger charge is -2.06. The largest absolute Gasteiger partial charge is 0.294 e. The van der Waals surface area contributed by atoms with Crippen molar-refractivity contribution in [2.45, 2.75) is 13.3 Å². The molecule has 0 bridgehead atoms. The maximum atomic E-state index is 13.5. The molecule has 0 aliphatic rings. The highest BCUT2D eigenvalue weighted by molar-refractivity contribution is 9.10. The Morgan fingerprint density at radius 1 is 1.16 bits per heavy atom. The second kappa shape index (κ2) is 5.61. The van der Waals surface area contributed by atoms with E-state index >= 15 is 0 Å². The van der Waals surface area contributed by atoms with Gasteiger partial charge in [0.05, 0.1) is 0 Å². The minimum atomic E-state index is -0.695. The van der Waals surface area contributed by atoms with E-state index in [1.54, 1.807) is 18.2 Å². The molecule has 0 aliphatic heterocycles. The summed E-state index contributed by atoms with van der Waals surface area (Å²) in [5.41, 5.74) is 1.23. The summed E-state index contributed by atoms with van der Waals surface area (Å²) in [6.07, 6.45) is -0.284. The minimum Gasteiger partial charge on any atom is -0.294 e. The van der Waals surface area contributed by atoms with Gasteiger partial charge in [-0.2, -0.15) is 0 Å². The zero-order valence-electron chi connectivity index (χ0n) is 10.2. The molecule has 2 rings (SSSR count). The molecule has 0 unspecified atom stereocenters. The third-order valence-electron chi connectivity index (χ3n) is 2.89. The molecule has 0 atom stereocenters. The predicted molar refractivity (Wildman–Crippen MR) is 73.3 cm³/mol. The molecule has 2 aromatic rings. The van der Waals surface area contributed by atoms with Gasteiger partial charge in [0.1, 0.15) is 11.6 Å². The van der Waals surface area contributed by atoms with Gasteiger partial charge in [-0.05, 0) is 30.7 Å². The van der Waals surface area contributed by atoms with Gasteiger partial charge in [-0.25, -0.2) is 8.78 Å².